The molecule has 1 aromatic carbocycles. The molecule has 0 fully saturated rings. The van der Waals surface area contributed by atoms with Crippen molar-refractivity contribution < 1.29 is 5.11 Å². The fourth-order valence-corrected chi connectivity index (χ4v) is 2.31. The molecule has 0 saturated carbocycles. The third-order valence-corrected chi connectivity index (χ3v) is 3.30. The SMILES string of the molecule is Cc1cc(Cl)cc(C)c1CNCC(C)CCO. The van der Waals surface area contributed by atoms with Gasteiger partial charge in [0.1, 0.15) is 0 Å². The summed E-state index contributed by atoms with van der Waals surface area (Å²) in [5.74, 6) is 0.507. The largest absolute Gasteiger partial charge is 0.396 e. The van der Waals surface area contributed by atoms with E-state index < -0.39 is 0 Å². The highest BCUT2D eigenvalue weighted by Gasteiger charge is 2.05. The van der Waals surface area contributed by atoms with Gasteiger partial charge in [0.25, 0.3) is 0 Å². The Kier molecular flexibility index (Phi) is 5.96. The zero-order valence-corrected chi connectivity index (χ0v) is 11.6. The monoisotopic (exact) mass is 255 g/mol. The van der Waals surface area contributed by atoms with Gasteiger partial charge in [0.2, 0.25) is 0 Å². The molecule has 0 saturated heterocycles. The Hall–Kier alpha value is -0.570. The molecular weight excluding hydrogens is 234 g/mol. The Balaban J connectivity index is 2.52. The zero-order chi connectivity index (χ0) is 12.8. The second-order valence-electron chi connectivity index (χ2n) is 4.77. The van der Waals surface area contributed by atoms with Crippen LogP contribution >= 0.6 is 11.6 Å². The number of halogens is 1. The average Bonchev–Trinajstić information content (AvgIpc) is 2.22. The van der Waals surface area contributed by atoms with Crippen LogP contribution in [-0.2, 0) is 6.54 Å². The lowest BCUT2D eigenvalue weighted by Gasteiger charge is -2.14. The van der Waals surface area contributed by atoms with Crippen LogP contribution in [0.25, 0.3) is 0 Å². The Morgan fingerprint density at radius 3 is 2.41 bits per heavy atom. The van der Waals surface area contributed by atoms with E-state index in [0.29, 0.717) is 5.92 Å². The summed E-state index contributed by atoms with van der Waals surface area (Å²) in [7, 11) is 0. The first-order chi connectivity index (χ1) is 8.04. The van der Waals surface area contributed by atoms with Crippen molar-refractivity contribution in [3.8, 4) is 0 Å². The molecule has 1 atom stereocenters. The van der Waals surface area contributed by atoms with Crippen LogP contribution in [0, 0.1) is 19.8 Å². The van der Waals surface area contributed by atoms with Gasteiger partial charge in [-0.25, -0.2) is 0 Å². The molecule has 2 nitrogen and oxygen atoms in total. The third kappa shape index (κ3) is 4.66. The van der Waals surface area contributed by atoms with Crippen molar-refractivity contribution in [3.05, 3.63) is 33.8 Å². The van der Waals surface area contributed by atoms with E-state index in [9.17, 15) is 0 Å². The van der Waals surface area contributed by atoms with E-state index in [-0.39, 0.29) is 6.61 Å². The molecule has 0 aliphatic rings. The maximum Gasteiger partial charge on any atom is 0.0434 e. The molecule has 0 spiro atoms. The second kappa shape index (κ2) is 7.00. The van der Waals surface area contributed by atoms with Crippen LogP contribution in [0.3, 0.4) is 0 Å². The summed E-state index contributed by atoms with van der Waals surface area (Å²) < 4.78 is 0. The van der Waals surface area contributed by atoms with E-state index in [1.807, 2.05) is 12.1 Å². The minimum atomic E-state index is 0.266. The molecule has 0 bridgehead atoms. The molecule has 0 aliphatic heterocycles. The molecule has 3 heteroatoms. The summed E-state index contributed by atoms with van der Waals surface area (Å²) in [5, 5.41) is 13.1. The molecule has 0 radical (unpaired) electrons. The topological polar surface area (TPSA) is 32.3 Å². The van der Waals surface area contributed by atoms with Gasteiger partial charge in [0.05, 0.1) is 0 Å². The average molecular weight is 256 g/mol. The molecule has 0 aliphatic carbocycles. The van der Waals surface area contributed by atoms with Crippen LogP contribution < -0.4 is 5.32 Å². The Morgan fingerprint density at radius 2 is 1.88 bits per heavy atom. The van der Waals surface area contributed by atoms with Gasteiger partial charge in [0, 0.05) is 18.2 Å². The van der Waals surface area contributed by atoms with Crippen molar-refractivity contribution in [1.82, 2.24) is 5.32 Å². The van der Waals surface area contributed by atoms with Crippen molar-refractivity contribution in [3.63, 3.8) is 0 Å². The lowest BCUT2D eigenvalue weighted by molar-refractivity contribution is 0.260. The fraction of sp³-hybridized carbons (Fsp3) is 0.571. The van der Waals surface area contributed by atoms with Crippen LogP contribution in [0.1, 0.15) is 30.0 Å². The summed E-state index contributed by atoms with van der Waals surface area (Å²) >= 11 is 6.00. The predicted molar refractivity (Wildman–Crippen MR) is 73.5 cm³/mol. The van der Waals surface area contributed by atoms with Crippen molar-refractivity contribution in [2.45, 2.75) is 33.7 Å². The van der Waals surface area contributed by atoms with Crippen LogP contribution in [0.2, 0.25) is 5.02 Å². The summed E-state index contributed by atoms with van der Waals surface area (Å²) in [6, 6.07) is 4.01. The predicted octanol–water partition coefficient (Wildman–Crippen LogP) is 3.06. The Bertz CT molecular complexity index is 342. The Labute approximate surface area is 109 Å². The number of hydrogen-bond acceptors (Lipinski definition) is 2. The van der Waals surface area contributed by atoms with Gasteiger partial charge in [-0.15, -0.1) is 0 Å². The van der Waals surface area contributed by atoms with Crippen molar-refractivity contribution in [1.29, 1.82) is 0 Å². The highest BCUT2D eigenvalue weighted by atomic mass is 35.5. The maximum atomic E-state index is 8.83. The maximum absolute atomic E-state index is 8.83. The first-order valence-corrected chi connectivity index (χ1v) is 6.49. The molecule has 17 heavy (non-hydrogen) atoms. The van der Waals surface area contributed by atoms with Gasteiger partial charge in [-0.3, -0.25) is 0 Å². The number of hydrogen-bond donors (Lipinski definition) is 2. The van der Waals surface area contributed by atoms with Gasteiger partial charge in [-0.2, -0.15) is 0 Å². The van der Waals surface area contributed by atoms with E-state index >= 15 is 0 Å². The lowest BCUT2D eigenvalue weighted by atomic mass is 10.0. The summed E-state index contributed by atoms with van der Waals surface area (Å²) in [4.78, 5) is 0. The molecule has 1 aromatic rings. The molecule has 0 heterocycles. The van der Waals surface area contributed by atoms with E-state index in [0.717, 1.165) is 24.5 Å². The molecule has 2 N–H and O–H groups in total. The second-order valence-corrected chi connectivity index (χ2v) is 5.20. The Morgan fingerprint density at radius 1 is 1.29 bits per heavy atom. The number of rotatable bonds is 6. The van der Waals surface area contributed by atoms with Gasteiger partial charge in [0.15, 0.2) is 0 Å². The van der Waals surface area contributed by atoms with Crippen LogP contribution in [-0.4, -0.2) is 18.3 Å². The highest BCUT2D eigenvalue weighted by Crippen LogP contribution is 2.19. The van der Waals surface area contributed by atoms with Crippen LogP contribution in [0.5, 0.6) is 0 Å². The number of aryl methyl sites for hydroxylation is 2. The third-order valence-electron chi connectivity index (χ3n) is 3.08. The molecule has 0 amide bonds. The molecule has 1 unspecified atom stereocenters. The van der Waals surface area contributed by atoms with E-state index in [1.165, 1.54) is 16.7 Å². The minimum absolute atomic E-state index is 0.266. The fourth-order valence-electron chi connectivity index (χ4n) is 1.99. The minimum Gasteiger partial charge on any atom is -0.396 e. The highest BCUT2D eigenvalue weighted by molar-refractivity contribution is 6.30. The van der Waals surface area contributed by atoms with Gasteiger partial charge >= 0.3 is 0 Å². The summed E-state index contributed by atoms with van der Waals surface area (Å²) in [6.45, 7) is 8.39. The number of benzene rings is 1. The smallest absolute Gasteiger partial charge is 0.0434 e. The first-order valence-electron chi connectivity index (χ1n) is 6.11. The molecule has 96 valence electrons. The first kappa shape index (κ1) is 14.5. The molecule has 0 aromatic heterocycles. The summed E-state index contributed by atoms with van der Waals surface area (Å²) in [6.07, 6.45) is 0.853. The van der Waals surface area contributed by atoms with E-state index in [2.05, 4.69) is 26.1 Å². The van der Waals surface area contributed by atoms with Crippen molar-refractivity contribution in [2.75, 3.05) is 13.2 Å². The van der Waals surface area contributed by atoms with Crippen LogP contribution in [0.15, 0.2) is 12.1 Å². The quantitative estimate of drug-likeness (QED) is 0.819. The van der Waals surface area contributed by atoms with Crippen molar-refractivity contribution in [2.24, 2.45) is 5.92 Å². The standard InChI is InChI=1S/C14H22ClNO/c1-10(4-5-17)8-16-9-14-11(2)6-13(15)7-12(14)3/h6-7,10,16-17H,4-5,8-9H2,1-3H3. The van der Waals surface area contributed by atoms with Gasteiger partial charge in [-0.1, -0.05) is 18.5 Å². The van der Waals surface area contributed by atoms with Gasteiger partial charge < -0.3 is 10.4 Å². The normalized spacial score (nSPS) is 12.8. The van der Waals surface area contributed by atoms with Crippen LogP contribution in [0.4, 0.5) is 0 Å². The van der Waals surface area contributed by atoms with E-state index in [1.54, 1.807) is 0 Å². The van der Waals surface area contributed by atoms with E-state index in [4.69, 9.17) is 16.7 Å². The molecular formula is C14H22ClNO. The lowest BCUT2D eigenvalue weighted by Crippen LogP contribution is -2.22. The number of aliphatic hydroxyl groups is 1. The molecule has 1 rings (SSSR count). The zero-order valence-electron chi connectivity index (χ0n) is 10.9. The number of nitrogens with one attached hydrogen (secondary N) is 1. The summed E-state index contributed by atoms with van der Waals surface area (Å²) in [5.41, 5.74) is 3.79. The number of aliphatic hydroxyl groups excluding tert-OH is 1. The van der Waals surface area contributed by atoms with Crippen molar-refractivity contribution >= 4 is 11.6 Å². The van der Waals surface area contributed by atoms with Gasteiger partial charge in [-0.05, 0) is 61.6 Å².